The van der Waals surface area contributed by atoms with Crippen molar-refractivity contribution in [1.82, 2.24) is 10.5 Å². The highest BCUT2D eigenvalue weighted by atomic mass is 16.3. The number of hydrazine groups is 1. The van der Waals surface area contributed by atoms with Crippen molar-refractivity contribution in [2.45, 2.75) is 12.8 Å². The molecule has 0 saturated carbocycles. The van der Waals surface area contributed by atoms with Gasteiger partial charge in [-0.15, -0.1) is 4.91 Å². The average molecular weight is 115 g/mol. The van der Waals surface area contributed by atoms with E-state index in [1.54, 1.807) is 0 Å². The summed E-state index contributed by atoms with van der Waals surface area (Å²) in [5.74, 6) is 0. The van der Waals surface area contributed by atoms with Crippen molar-refractivity contribution < 1.29 is 0 Å². The van der Waals surface area contributed by atoms with Crippen molar-refractivity contribution in [2.24, 2.45) is 5.29 Å². The summed E-state index contributed by atoms with van der Waals surface area (Å²) < 4.78 is 0. The lowest BCUT2D eigenvalue weighted by molar-refractivity contribution is 0.157. The zero-order chi connectivity index (χ0) is 5.82. The Labute approximate surface area is 47.8 Å². The van der Waals surface area contributed by atoms with Crippen LogP contribution in [-0.2, 0) is 0 Å². The standard InChI is InChI=1S/C4H9N3O/c8-6-7-4-2-1-3-5-7/h5H,1-4H2. The molecule has 4 heteroatoms. The molecule has 1 aliphatic rings. The summed E-state index contributed by atoms with van der Waals surface area (Å²) >= 11 is 0. The number of hydrogen-bond donors (Lipinski definition) is 1. The molecule has 0 spiro atoms. The van der Waals surface area contributed by atoms with E-state index in [0.29, 0.717) is 0 Å². The van der Waals surface area contributed by atoms with Gasteiger partial charge in [-0.25, -0.2) is 5.43 Å². The maximum absolute atomic E-state index is 9.77. The minimum atomic E-state index is 0.753. The van der Waals surface area contributed by atoms with E-state index in [1.165, 1.54) is 5.12 Å². The highest BCUT2D eigenvalue weighted by Gasteiger charge is 2.05. The first-order chi connectivity index (χ1) is 3.93. The Kier molecular flexibility index (Phi) is 1.80. The van der Waals surface area contributed by atoms with Gasteiger partial charge in [0.05, 0.1) is 11.8 Å². The Hall–Kier alpha value is -0.640. The van der Waals surface area contributed by atoms with Crippen LogP contribution in [0.5, 0.6) is 0 Å². The van der Waals surface area contributed by atoms with Crippen LogP contribution in [0.1, 0.15) is 12.8 Å². The molecule has 0 aromatic rings. The van der Waals surface area contributed by atoms with Crippen LogP contribution in [0.2, 0.25) is 0 Å². The van der Waals surface area contributed by atoms with Crippen LogP contribution in [0, 0.1) is 4.91 Å². The lowest BCUT2D eigenvalue weighted by atomic mass is 10.3. The van der Waals surface area contributed by atoms with Crippen molar-refractivity contribution in [2.75, 3.05) is 13.1 Å². The number of rotatable bonds is 1. The van der Waals surface area contributed by atoms with Gasteiger partial charge in [0.1, 0.15) is 0 Å². The van der Waals surface area contributed by atoms with E-state index < -0.39 is 0 Å². The van der Waals surface area contributed by atoms with Gasteiger partial charge < -0.3 is 0 Å². The summed E-state index contributed by atoms with van der Waals surface area (Å²) in [4.78, 5) is 9.77. The monoisotopic (exact) mass is 115 g/mol. The Morgan fingerprint density at radius 1 is 1.50 bits per heavy atom. The summed E-state index contributed by atoms with van der Waals surface area (Å²) in [5, 5.41) is 4.06. The topological polar surface area (TPSA) is 44.7 Å². The lowest BCUT2D eigenvalue weighted by Crippen LogP contribution is -2.38. The Morgan fingerprint density at radius 2 is 2.38 bits per heavy atom. The van der Waals surface area contributed by atoms with Gasteiger partial charge in [-0.3, -0.25) is 0 Å². The molecular weight excluding hydrogens is 106 g/mol. The van der Waals surface area contributed by atoms with Crippen molar-refractivity contribution in [3.8, 4) is 0 Å². The van der Waals surface area contributed by atoms with E-state index in [2.05, 4.69) is 10.7 Å². The fraction of sp³-hybridized carbons (Fsp3) is 1.00. The highest BCUT2D eigenvalue weighted by Crippen LogP contribution is 1.97. The van der Waals surface area contributed by atoms with Crippen molar-refractivity contribution in [3.05, 3.63) is 4.91 Å². The van der Waals surface area contributed by atoms with Gasteiger partial charge in [0.2, 0.25) is 0 Å². The fourth-order valence-electron chi connectivity index (χ4n) is 0.743. The maximum atomic E-state index is 9.77. The number of nitrogens with zero attached hydrogens (tertiary/aromatic N) is 2. The quantitative estimate of drug-likeness (QED) is 0.499. The molecule has 1 saturated heterocycles. The third-order valence-corrected chi connectivity index (χ3v) is 1.19. The predicted octanol–water partition coefficient (Wildman–Crippen LogP) is 0.268. The van der Waals surface area contributed by atoms with Crippen LogP contribution >= 0.6 is 0 Å². The van der Waals surface area contributed by atoms with Crippen molar-refractivity contribution in [1.29, 1.82) is 0 Å². The van der Waals surface area contributed by atoms with Gasteiger partial charge in [0.25, 0.3) is 0 Å². The van der Waals surface area contributed by atoms with Crippen LogP contribution in [0.15, 0.2) is 5.29 Å². The van der Waals surface area contributed by atoms with Crippen LogP contribution in [0.25, 0.3) is 0 Å². The fourth-order valence-corrected chi connectivity index (χ4v) is 0.743. The van der Waals surface area contributed by atoms with Gasteiger partial charge in [0.15, 0.2) is 0 Å². The molecule has 1 heterocycles. The molecule has 4 nitrogen and oxygen atoms in total. The molecule has 0 aromatic heterocycles. The first kappa shape index (κ1) is 5.50. The van der Waals surface area contributed by atoms with Crippen LogP contribution in [0.4, 0.5) is 0 Å². The Morgan fingerprint density at radius 3 is 2.75 bits per heavy atom. The van der Waals surface area contributed by atoms with Gasteiger partial charge in [-0.1, -0.05) is 0 Å². The van der Waals surface area contributed by atoms with Crippen LogP contribution < -0.4 is 5.43 Å². The van der Waals surface area contributed by atoms with E-state index in [9.17, 15) is 4.91 Å². The third-order valence-electron chi connectivity index (χ3n) is 1.19. The zero-order valence-electron chi connectivity index (χ0n) is 4.63. The molecule has 0 radical (unpaired) electrons. The number of nitroso groups, excluding NO2 is 1. The summed E-state index contributed by atoms with van der Waals surface area (Å²) in [6.45, 7) is 1.63. The smallest absolute Gasteiger partial charge is 0.0684 e. The molecule has 1 aliphatic heterocycles. The second-order valence-corrected chi connectivity index (χ2v) is 1.82. The molecule has 1 N–H and O–H groups in total. The van der Waals surface area contributed by atoms with Gasteiger partial charge in [0, 0.05) is 6.54 Å². The Bertz CT molecular complexity index is 79.4. The van der Waals surface area contributed by atoms with Crippen molar-refractivity contribution in [3.63, 3.8) is 0 Å². The molecule has 0 amide bonds. The minimum Gasteiger partial charge on any atom is -0.215 e. The zero-order valence-corrected chi connectivity index (χ0v) is 4.63. The predicted molar refractivity (Wildman–Crippen MR) is 29.7 cm³/mol. The molecular formula is C4H9N3O. The van der Waals surface area contributed by atoms with Crippen molar-refractivity contribution >= 4 is 0 Å². The van der Waals surface area contributed by atoms with E-state index >= 15 is 0 Å². The number of hydrogen-bond acceptors (Lipinski definition) is 3. The highest BCUT2D eigenvalue weighted by molar-refractivity contribution is 4.54. The van der Waals surface area contributed by atoms with Gasteiger partial charge in [-0.05, 0) is 12.8 Å². The van der Waals surface area contributed by atoms with Crippen LogP contribution in [-0.4, -0.2) is 18.2 Å². The lowest BCUT2D eigenvalue weighted by Gasteiger charge is -2.20. The summed E-state index contributed by atoms with van der Waals surface area (Å²) in [5.41, 5.74) is 2.82. The first-order valence-electron chi connectivity index (χ1n) is 2.78. The molecule has 0 bridgehead atoms. The first-order valence-corrected chi connectivity index (χ1v) is 2.78. The van der Waals surface area contributed by atoms with Gasteiger partial charge >= 0.3 is 0 Å². The summed E-state index contributed by atoms with van der Waals surface area (Å²) in [6.07, 6.45) is 2.21. The largest absolute Gasteiger partial charge is 0.215 e. The molecule has 0 aliphatic carbocycles. The summed E-state index contributed by atoms with van der Waals surface area (Å²) in [7, 11) is 0. The minimum absolute atomic E-state index is 0.753. The SMILES string of the molecule is O=NN1CCCCN1. The maximum Gasteiger partial charge on any atom is 0.0684 e. The molecule has 46 valence electrons. The molecule has 8 heavy (non-hydrogen) atoms. The van der Waals surface area contributed by atoms with E-state index in [1.807, 2.05) is 0 Å². The van der Waals surface area contributed by atoms with E-state index in [4.69, 9.17) is 0 Å². The van der Waals surface area contributed by atoms with Crippen LogP contribution in [0.3, 0.4) is 0 Å². The molecule has 1 fully saturated rings. The second kappa shape index (κ2) is 2.61. The number of nitrogens with one attached hydrogen (secondary N) is 1. The normalized spacial score (nSPS) is 20.8. The second-order valence-electron chi connectivity index (χ2n) is 1.82. The third kappa shape index (κ3) is 1.16. The molecule has 0 atom stereocenters. The van der Waals surface area contributed by atoms with E-state index in [-0.39, 0.29) is 0 Å². The van der Waals surface area contributed by atoms with Gasteiger partial charge in [-0.2, -0.15) is 5.12 Å². The van der Waals surface area contributed by atoms with E-state index in [0.717, 1.165) is 25.9 Å². The summed E-state index contributed by atoms with van der Waals surface area (Å²) in [6, 6.07) is 0. The average Bonchev–Trinajstić information content (AvgIpc) is 1.90. The molecule has 0 aromatic carbocycles. The molecule has 1 rings (SSSR count). The Balaban J connectivity index is 2.22. The molecule has 0 unspecified atom stereocenters.